The SMILES string of the molecule is CN(C)CCN(CCNC(=O)c1ccc(Cl)c(Cl)c1)S(C)(=O)=O. The monoisotopic (exact) mass is 381 g/mol. The molecule has 0 bridgehead atoms. The van der Waals surface area contributed by atoms with Crippen LogP contribution in [0.3, 0.4) is 0 Å². The summed E-state index contributed by atoms with van der Waals surface area (Å²) < 4.78 is 24.8. The summed E-state index contributed by atoms with van der Waals surface area (Å²) >= 11 is 11.7. The molecule has 6 nitrogen and oxygen atoms in total. The molecule has 0 aromatic heterocycles. The highest BCUT2D eigenvalue weighted by atomic mass is 35.5. The summed E-state index contributed by atoms with van der Waals surface area (Å²) in [5, 5.41) is 3.34. The van der Waals surface area contributed by atoms with E-state index in [-0.39, 0.29) is 19.0 Å². The summed E-state index contributed by atoms with van der Waals surface area (Å²) in [7, 11) is 0.416. The number of carbonyl (C=O) groups excluding carboxylic acids is 1. The van der Waals surface area contributed by atoms with Crippen molar-refractivity contribution in [3.63, 3.8) is 0 Å². The Kier molecular flexibility index (Phi) is 7.76. The summed E-state index contributed by atoms with van der Waals surface area (Å²) in [6, 6.07) is 4.57. The molecule has 1 aromatic carbocycles. The van der Waals surface area contributed by atoms with E-state index in [1.807, 2.05) is 19.0 Å². The second-order valence-corrected chi connectivity index (χ2v) is 8.15. The average Bonchev–Trinajstić information content (AvgIpc) is 2.43. The quantitative estimate of drug-likeness (QED) is 0.741. The summed E-state index contributed by atoms with van der Waals surface area (Å²) in [5.74, 6) is -0.329. The van der Waals surface area contributed by atoms with Crippen LogP contribution in [0.4, 0.5) is 0 Å². The Bertz CT molecular complexity index is 651. The molecule has 0 fully saturated rings. The highest BCUT2D eigenvalue weighted by Crippen LogP contribution is 2.22. The van der Waals surface area contributed by atoms with E-state index in [9.17, 15) is 13.2 Å². The molecule has 0 spiro atoms. The number of halogens is 2. The molecule has 0 saturated carbocycles. The molecule has 1 amide bonds. The Balaban J connectivity index is 2.58. The van der Waals surface area contributed by atoms with Crippen molar-refractivity contribution >= 4 is 39.1 Å². The molecule has 9 heteroatoms. The lowest BCUT2D eigenvalue weighted by Gasteiger charge is -2.22. The van der Waals surface area contributed by atoms with Crippen LogP contribution < -0.4 is 5.32 Å². The number of amides is 1. The van der Waals surface area contributed by atoms with Gasteiger partial charge in [-0.2, -0.15) is 4.31 Å². The highest BCUT2D eigenvalue weighted by Gasteiger charge is 2.17. The van der Waals surface area contributed by atoms with Crippen LogP contribution in [-0.4, -0.2) is 70.1 Å². The number of rotatable bonds is 8. The minimum absolute atomic E-state index is 0.208. The highest BCUT2D eigenvalue weighted by molar-refractivity contribution is 7.88. The Morgan fingerprint density at radius 1 is 1.13 bits per heavy atom. The predicted octanol–water partition coefficient (Wildman–Crippen LogP) is 1.55. The van der Waals surface area contributed by atoms with E-state index in [1.54, 1.807) is 12.1 Å². The Morgan fingerprint density at radius 3 is 2.30 bits per heavy atom. The third-order valence-electron chi connectivity index (χ3n) is 3.09. The molecule has 0 unspecified atom stereocenters. The van der Waals surface area contributed by atoms with Gasteiger partial charge in [-0.3, -0.25) is 4.79 Å². The van der Waals surface area contributed by atoms with Crippen LogP contribution in [0, 0.1) is 0 Å². The van der Waals surface area contributed by atoms with Gasteiger partial charge in [0, 0.05) is 31.7 Å². The number of hydrogen-bond acceptors (Lipinski definition) is 4. The molecule has 23 heavy (non-hydrogen) atoms. The molecule has 130 valence electrons. The van der Waals surface area contributed by atoms with Gasteiger partial charge in [-0.05, 0) is 32.3 Å². The van der Waals surface area contributed by atoms with Crippen molar-refractivity contribution in [2.24, 2.45) is 0 Å². The number of sulfonamides is 1. The van der Waals surface area contributed by atoms with E-state index in [2.05, 4.69) is 5.32 Å². The molecule has 0 heterocycles. The lowest BCUT2D eigenvalue weighted by Crippen LogP contribution is -2.41. The first-order valence-electron chi connectivity index (χ1n) is 6.94. The molecule has 1 rings (SSSR count). The van der Waals surface area contributed by atoms with Gasteiger partial charge in [0.25, 0.3) is 5.91 Å². The average molecular weight is 382 g/mol. The van der Waals surface area contributed by atoms with E-state index < -0.39 is 10.0 Å². The zero-order valence-electron chi connectivity index (χ0n) is 13.3. The fourth-order valence-corrected chi connectivity index (χ4v) is 2.92. The largest absolute Gasteiger partial charge is 0.351 e. The van der Waals surface area contributed by atoms with Crippen molar-refractivity contribution in [2.45, 2.75) is 0 Å². The molecule has 0 radical (unpaired) electrons. The molecule has 0 saturated heterocycles. The molecular weight excluding hydrogens is 361 g/mol. The van der Waals surface area contributed by atoms with Gasteiger partial charge in [0.1, 0.15) is 0 Å². The van der Waals surface area contributed by atoms with Crippen molar-refractivity contribution < 1.29 is 13.2 Å². The van der Waals surface area contributed by atoms with Gasteiger partial charge in [-0.1, -0.05) is 23.2 Å². The number of nitrogens with one attached hydrogen (secondary N) is 1. The molecular formula is C14H21Cl2N3O3S. The Hall–Kier alpha value is -0.860. The van der Waals surface area contributed by atoms with E-state index in [4.69, 9.17) is 23.2 Å². The van der Waals surface area contributed by atoms with Crippen LogP contribution in [0.5, 0.6) is 0 Å². The molecule has 0 aliphatic carbocycles. The second kappa shape index (κ2) is 8.84. The van der Waals surface area contributed by atoms with Crippen molar-refractivity contribution in [3.8, 4) is 0 Å². The molecule has 1 N–H and O–H groups in total. The molecule has 0 aliphatic heterocycles. The number of nitrogens with zero attached hydrogens (tertiary/aromatic N) is 2. The summed E-state index contributed by atoms with van der Waals surface area (Å²) in [4.78, 5) is 13.9. The fraction of sp³-hybridized carbons (Fsp3) is 0.500. The first kappa shape index (κ1) is 20.2. The number of benzene rings is 1. The van der Waals surface area contributed by atoms with Crippen molar-refractivity contribution in [2.75, 3.05) is 46.5 Å². The first-order valence-corrected chi connectivity index (χ1v) is 9.55. The lowest BCUT2D eigenvalue weighted by molar-refractivity contribution is 0.0951. The van der Waals surface area contributed by atoms with Gasteiger partial charge < -0.3 is 10.2 Å². The van der Waals surface area contributed by atoms with Crippen molar-refractivity contribution in [1.82, 2.24) is 14.5 Å². The van der Waals surface area contributed by atoms with E-state index in [1.165, 1.54) is 10.4 Å². The topological polar surface area (TPSA) is 69.7 Å². The van der Waals surface area contributed by atoms with Crippen LogP contribution in [0.15, 0.2) is 18.2 Å². The molecule has 0 atom stereocenters. The minimum atomic E-state index is -3.32. The van der Waals surface area contributed by atoms with Crippen LogP contribution in [0.2, 0.25) is 10.0 Å². The maximum absolute atomic E-state index is 12.0. The zero-order chi connectivity index (χ0) is 17.6. The van der Waals surface area contributed by atoms with Gasteiger partial charge in [0.2, 0.25) is 10.0 Å². The Labute approximate surface area is 147 Å². The number of carbonyl (C=O) groups is 1. The smallest absolute Gasteiger partial charge is 0.251 e. The predicted molar refractivity (Wildman–Crippen MR) is 93.8 cm³/mol. The standard InChI is InChI=1S/C14H21Cl2N3O3S/c1-18(2)8-9-19(23(3,21)22)7-6-17-14(20)11-4-5-12(15)13(16)10-11/h4-5,10H,6-9H2,1-3H3,(H,17,20). The normalized spacial score (nSPS) is 12.0. The fourth-order valence-electron chi connectivity index (χ4n) is 1.79. The van der Waals surface area contributed by atoms with Crippen molar-refractivity contribution in [3.05, 3.63) is 33.8 Å². The zero-order valence-corrected chi connectivity index (χ0v) is 15.7. The summed E-state index contributed by atoms with van der Waals surface area (Å²) in [6.07, 6.45) is 1.16. The summed E-state index contributed by atoms with van der Waals surface area (Å²) in [5.41, 5.74) is 0.374. The van der Waals surface area contributed by atoms with Gasteiger partial charge in [-0.15, -0.1) is 0 Å². The van der Waals surface area contributed by atoms with Gasteiger partial charge in [0.05, 0.1) is 16.3 Å². The first-order chi connectivity index (χ1) is 10.6. The number of hydrogen-bond donors (Lipinski definition) is 1. The molecule has 0 aliphatic rings. The van der Waals surface area contributed by atoms with Crippen LogP contribution in [0.1, 0.15) is 10.4 Å². The van der Waals surface area contributed by atoms with Crippen LogP contribution >= 0.6 is 23.2 Å². The van der Waals surface area contributed by atoms with Gasteiger partial charge in [0.15, 0.2) is 0 Å². The number of likely N-dealkylation sites (N-methyl/N-ethyl adjacent to an activating group) is 1. The van der Waals surface area contributed by atoms with Crippen molar-refractivity contribution in [1.29, 1.82) is 0 Å². The lowest BCUT2D eigenvalue weighted by atomic mass is 10.2. The maximum Gasteiger partial charge on any atom is 0.251 e. The van der Waals surface area contributed by atoms with Crippen LogP contribution in [-0.2, 0) is 10.0 Å². The second-order valence-electron chi connectivity index (χ2n) is 5.35. The van der Waals surface area contributed by atoms with E-state index in [0.29, 0.717) is 28.7 Å². The van der Waals surface area contributed by atoms with E-state index >= 15 is 0 Å². The third-order valence-corrected chi connectivity index (χ3v) is 5.14. The molecule has 1 aromatic rings. The van der Waals surface area contributed by atoms with Gasteiger partial charge in [-0.25, -0.2) is 8.42 Å². The maximum atomic E-state index is 12.0. The Morgan fingerprint density at radius 2 is 1.78 bits per heavy atom. The third kappa shape index (κ3) is 7.05. The van der Waals surface area contributed by atoms with Gasteiger partial charge >= 0.3 is 0 Å². The van der Waals surface area contributed by atoms with E-state index in [0.717, 1.165) is 6.26 Å². The van der Waals surface area contributed by atoms with Crippen LogP contribution in [0.25, 0.3) is 0 Å². The summed E-state index contributed by atoms with van der Waals surface area (Å²) in [6.45, 7) is 1.39. The minimum Gasteiger partial charge on any atom is -0.351 e.